The quantitative estimate of drug-likeness (QED) is 0.233. The molecule has 9 nitrogen and oxygen atoms in total. The number of aryl methyl sites for hydroxylation is 1. The van der Waals surface area contributed by atoms with Crippen LogP contribution in [-0.2, 0) is 22.6 Å². The number of fused-ring (bicyclic) bond motifs is 1. The molecule has 0 aliphatic carbocycles. The van der Waals surface area contributed by atoms with E-state index in [-0.39, 0.29) is 17.4 Å². The first kappa shape index (κ1) is 26.3. The summed E-state index contributed by atoms with van der Waals surface area (Å²) in [6.07, 6.45) is 6.61. The Kier molecular flexibility index (Phi) is 7.58. The summed E-state index contributed by atoms with van der Waals surface area (Å²) in [6, 6.07) is 9.96. The Bertz CT molecular complexity index is 1400. The lowest BCUT2D eigenvalue weighted by atomic mass is 9.94. The maximum Gasteiger partial charge on any atom is 0.295 e. The number of Topliss-reactive ketones (excluding diaryl/α,β-unsaturated/α-hetero) is 1. The summed E-state index contributed by atoms with van der Waals surface area (Å²) in [5.41, 5.74) is 2.14. The summed E-state index contributed by atoms with van der Waals surface area (Å²) >= 11 is 0. The van der Waals surface area contributed by atoms with Crippen LogP contribution in [0.2, 0.25) is 0 Å². The molecule has 3 heterocycles. The van der Waals surface area contributed by atoms with Gasteiger partial charge in [-0.15, -0.1) is 0 Å². The molecule has 1 saturated heterocycles. The summed E-state index contributed by atoms with van der Waals surface area (Å²) in [5, 5.41) is 11.5. The number of ketones is 1. The summed E-state index contributed by atoms with van der Waals surface area (Å²) in [4.78, 5) is 32.4. The van der Waals surface area contributed by atoms with Crippen molar-refractivity contribution in [1.29, 1.82) is 0 Å². The highest BCUT2D eigenvalue weighted by molar-refractivity contribution is 6.46. The lowest BCUT2D eigenvalue weighted by Crippen LogP contribution is -2.31. The molecule has 1 N–H and O–H groups in total. The molecule has 2 aliphatic rings. The summed E-state index contributed by atoms with van der Waals surface area (Å²) in [6.45, 7) is 7.58. The Morgan fingerprint density at radius 1 is 1.08 bits per heavy atom. The number of carbonyl (C=O) groups is 2. The molecule has 1 amide bonds. The smallest absolute Gasteiger partial charge is 0.295 e. The Labute approximate surface area is 227 Å². The van der Waals surface area contributed by atoms with Crippen LogP contribution in [-0.4, -0.2) is 57.1 Å². The monoisotopic (exact) mass is 531 g/mol. The second-order valence-corrected chi connectivity index (χ2v) is 9.67. The third-order valence-corrected chi connectivity index (χ3v) is 6.97. The number of likely N-dealkylation sites (tertiary alicyclic amines) is 1. The van der Waals surface area contributed by atoms with Crippen LogP contribution in [0.1, 0.15) is 49.9 Å². The molecule has 3 aromatic rings. The molecular weight excluding hydrogens is 498 g/mol. The van der Waals surface area contributed by atoms with Crippen molar-refractivity contribution >= 4 is 17.4 Å². The van der Waals surface area contributed by atoms with E-state index in [4.69, 9.17) is 14.2 Å². The van der Waals surface area contributed by atoms with E-state index in [1.165, 1.54) is 4.90 Å². The Morgan fingerprint density at radius 2 is 1.87 bits per heavy atom. The number of carbonyl (C=O) groups excluding carboxylic acids is 2. The zero-order valence-electron chi connectivity index (χ0n) is 22.4. The van der Waals surface area contributed by atoms with Gasteiger partial charge in [0.25, 0.3) is 11.7 Å². The minimum atomic E-state index is -0.786. The number of amides is 1. The van der Waals surface area contributed by atoms with Gasteiger partial charge in [0, 0.05) is 37.5 Å². The first-order valence-corrected chi connectivity index (χ1v) is 13.3. The second kappa shape index (κ2) is 11.2. The van der Waals surface area contributed by atoms with Gasteiger partial charge in [-0.25, -0.2) is 4.98 Å². The number of benzene rings is 2. The number of hydrogen-bond acceptors (Lipinski definition) is 7. The van der Waals surface area contributed by atoms with Crippen molar-refractivity contribution in [1.82, 2.24) is 14.5 Å². The minimum absolute atomic E-state index is 0.0410. The zero-order chi connectivity index (χ0) is 27.5. The first-order valence-electron chi connectivity index (χ1n) is 13.3. The molecule has 0 unspecified atom stereocenters. The lowest BCUT2D eigenvalue weighted by Gasteiger charge is -2.26. The van der Waals surface area contributed by atoms with Crippen molar-refractivity contribution < 1.29 is 28.9 Å². The highest BCUT2D eigenvalue weighted by atomic mass is 16.5. The van der Waals surface area contributed by atoms with Gasteiger partial charge in [-0.1, -0.05) is 6.07 Å². The lowest BCUT2D eigenvalue weighted by molar-refractivity contribution is -0.139. The molecule has 0 saturated carbocycles. The van der Waals surface area contributed by atoms with E-state index in [1.807, 2.05) is 43.7 Å². The number of hydrogen-bond donors (Lipinski definition) is 1. The molecule has 0 bridgehead atoms. The number of ether oxygens (including phenoxy) is 3. The summed E-state index contributed by atoms with van der Waals surface area (Å²) in [5.74, 6) is 0.305. The molecule has 2 aliphatic heterocycles. The molecular formula is C30H33N3O6. The predicted molar refractivity (Wildman–Crippen MR) is 145 cm³/mol. The van der Waals surface area contributed by atoms with E-state index in [0.717, 1.165) is 11.3 Å². The largest absolute Gasteiger partial charge is 0.507 e. The van der Waals surface area contributed by atoms with Crippen LogP contribution in [0, 0.1) is 0 Å². The molecule has 0 radical (unpaired) electrons. The number of aliphatic hydroxyl groups is 1. The number of aliphatic hydroxyl groups excluding tert-OH is 1. The summed E-state index contributed by atoms with van der Waals surface area (Å²) in [7, 11) is 0. The van der Waals surface area contributed by atoms with Crippen molar-refractivity contribution in [2.24, 2.45) is 0 Å². The zero-order valence-corrected chi connectivity index (χ0v) is 22.4. The molecule has 9 heteroatoms. The topological polar surface area (TPSA) is 103 Å². The first-order chi connectivity index (χ1) is 18.9. The van der Waals surface area contributed by atoms with Crippen molar-refractivity contribution in [2.75, 3.05) is 19.8 Å². The Hall–Kier alpha value is -4.27. The van der Waals surface area contributed by atoms with Gasteiger partial charge in [0.15, 0.2) is 11.5 Å². The fourth-order valence-electron chi connectivity index (χ4n) is 5.26. The van der Waals surface area contributed by atoms with Crippen molar-refractivity contribution in [2.45, 2.75) is 52.3 Å². The fourth-order valence-corrected chi connectivity index (χ4v) is 5.26. The molecule has 2 aromatic carbocycles. The molecule has 2 atom stereocenters. The van der Waals surface area contributed by atoms with Crippen LogP contribution in [0.25, 0.3) is 5.76 Å². The van der Waals surface area contributed by atoms with Gasteiger partial charge in [0.2, 0.25) is 0 Å². The average Bonchev–Trinajstić information content (AvgIpc) is 3.63. The van der Waals surface area contributed by atoms with Crippen LogP contribution in [0.15, 0.2) is 60.7 Å². The molecule has 5 rings (SSSR count). The fraction of sp³-hybridized carbons (Fsp3) is 0.367. The van der Waals surface area contributed by atoms with Crippen molar-refractivity contribution in [3.05, 3.63) is 77.4 Å². The highest BCUT2D eigenvalue weighted by Crippen LogP contribution is 2.43. The van der Waals surface area contributed by atoms with E-state index in [1.54, 1.807) is 36.8 Å². The van der Waals surface area contributed by atoms with E-state index in [9.17, 15) is 14.7 Å². The van der Waals surface area contributed by atoms with Gasteiger partial charge < -0.3 is 28.8 Å². The van der Waals surface area contributed by atoms with Gasteiger partial charge in [0.05, 0.1) is 31.2 Å². The van der Waals surface area contributed by atoms with E-state index < -0.39 is 17.7 Å². The maximum absolute atomic E-state index is 13.5. The van der Waals surface area contributed by atoms with Crippen LogP contribution >= 0.6 is 0 Å². The Balaban J connectivity index is 1.57. The molecule has 0 spiro atoms. The van der Waals surface area contributed by atoms with E-state index in [0.29, 0.717) is 61.8 Å². The van der Waals surface area contributed by atoms with Gasteiger partial charge in [0.1, 0.15) is 17.6 Å². The average molecular weight is 532 g/mol. The number of aromatic nitrogens is 2. The van der Waals surface area contributed by atoms with E-state index in [2.05, 4.69) is 4.98 Å². The highest BCUT2D eigenvalue weighted by Gasteiger charge is 2.46. The normalized spacial score (nSPS) is 19.7. The van der Waals surface area contributed by atoms with Crippen molar-refractivity contribution in [3.63, 3.8) is 0 Å². The third-order valence-electron chi connectivity index (χ3n) is 6.97. The maximum atomic E-state index is 13.5. The second-order valence-electron chi connectivity index (χ2n) is 9.67. The third kappa shape index (κ3) is 5.21. The molecule has 39 heavy (non-hydrogen) atoms. The van der Waals surface area contributed by atoms with Gasteiger partial charge in [-0.2, -0.15) is 0 Å². The van der Waals surface area contributed by atoms with E-state index >= 15 is 0 Å². The number of imidazole rings is 1. The Morgan fingerprint density at radius 3 is 2.62 bits per heavy atom. The number of rotatable bonds is 10. The van der Waals surface area contributed by atoms with Gasteiger partial charge in [-0.05, 0) is 68.7 Å². The van der Waals surface area contributed by atoms with Crippen molar-refractivity contribution in [3.8, 4) is 17.2 Å². The van der Waals surface area contributed by atoms with Gasteiger partial charge >= 0.3 is 0 Å². The predicted octanol–water partition coefficient (Wildman–Crippen LogP) is 4.52. The standard InChI is InChI=1S/C30H33N3O6/c1-4-37-24-10-7-20(17-25(24)38-5-2)27-26(28(34)21-8-9-23-22(16-21)15-19(3)39-23)29(35)30(36)33(27)13-6-12-32-14-11-31-18-32/h7-11,14,16-19,27,34H,4-6,12-13,15H2,1-3H3/b28-26+/t19-,27+/m0/s1. The number of nitrogens with zero attached hydrogens (tertiary/aromatic N) is 3. The molecule has 1 fully saturated rings. The van der Waals surface area contributed by atoms with Gasteiger partial charge in [-0.3, -0.25) is 9.59 Å². The van der Waals surface area contributed by atoms with Crippen LogP contribution in [0.3, 0.4) is 0 Å². The van der Waals surface area contributed by atoms with Crippen LogP contribution < -0.4 is 14.2 Å². The summed E-state index contributed by atoms with van der Waals surface area (Å²) < 4.78 is 19.3. The molecule has 204 valence electrons. The van der Waals surface area contributed by atoms with Crippen LogP contribution in [0.5, 0.6) is 17.2 Å². The SMILES string of the molecule is CCOc1ccc([C@@H]2/C(=C(\O)c3ccc4c(c3)C[C@H](C)O4)C(=O)C(=O)N2CCCn2ccnc2)cc1OCC. The van der Waals surface area contributed by atoms with Crippen LogP contribution in [0.4, 0.5) is 0 Å². The molecule has 1 aromatic heterocycles. The minimum Gasteiger partial charge on any atom is -0.507 e.